The van der Waals surface area contributed by atoms with Crippen molar-refractivity contribution < 1.29 is 17.9 Å². The topological polar surface area (TPSA) is 84.5 Å². The Bertz CT molecular complexity index is 1060. The first kappa shape index (κ1) is 20.3. The first-order valence-corrected chi connectivity index (χ1v) is 10.4. The van der Waals surface area contributed by atoms with E-state index in [0.717, 1.165) is 22.1 Å². The maximum atomic E-state index is 11.9. The maximum absolute atomic E-state index is 11.9. The van der Waals surface area contributed by atoms with Gasteiger partial charge < -0.3 is 4.74 Å². The molecule has 0 aliphatic heterocycles. The van der Waals surface area contributed by atoms with Gasteiger partial charge in [-0.25, -0.2) is 8.42 Å². The molecule has 29 heavy (non-hydrogen) atoms. The molecular formula is C22H20N2O4S. The molecule has 3 aromatic carbocycles. The molecule has 0 spiro atoms. The van der Waals surface area contributed by atoms with E-state index in [1.165, 1.54) is 6.08 Å². The number of rotatable bonds is 8. The van der Waals surface area contributed by atoms with Crippen LogP contribution in [0.5, 0.6) is 5.75 Å². The van der Waals surface area contributed by atoms with Crippen LogP contribution < -0.4 is 15.0 Å². The predicted molar refractivity (Wildman–Crippen MR) is 113 cm³/mol. The fourth-order valence-electron chi connectivity index (χ4n) is 2.45. The lowest BCUT2D eigenvalue weighted by atomic mass is 10.1. The van der Waals surface area contributed by atoms with Crippen molar-refractivity contribution in [3.8, 4) is 16.9 Å². The molecule has 1 amide bonds. The monoisotopic (exact) mass is 408 g/mol. The highest BCUT2D eigenvalue weighted by atomic mass is 32.2. The van der Waals surface area contributed by atoms with Crippen molar-refractivity contribution in [2.24, 2.45) is 0 Å². The Morgan fingerprint density at radius 1 is 0.828 bits per heavy atom. The van der Waals surface area contributed by atoms with E-state index in [9.17, 15) is 13.2 Å². The quantitative estimate of drug-likeness (QED) is 0.560. The minimum absolute atomic E-state index is 0.324. The summed E-state index contributed by atoms with van der Waals surface area (Å²) in [5.41, 5.74) is 4.95. The maximum Gasteiger partial charge on any atom is 0.272 e. The minimum atomic E-state index is -3.81. The van der Waals surface area contributed by atoms with Gasteiger partial charge in [0.15, 0.2) is 6.61 Å². The number of carbonyl (C=O) groups excluding carboxylic acids is 1. The Hall–Kier alpha value is -3.42. The van der Waals surface area contributed by atoms with Crippen LogP contribution in [0.15, 0.2) is 90.3 Å². The number of benzene rings is 3. The Labute approximate surface area is 169 Å². The zero-order chi connectivity index (χ0) is 20.5. The summed E-state index contributed by atoms with van der Waals surface area (Å²) in [7, 11) is -3.81. The van der Waals surface area contributed by atoms with Crippen molar-refractivity contribution in [2.45, 2.75) is 0 Å². The van der Waals surface area contributed by atoms with E-state index in [1.807, 2.05) is 53.4 Å². The third-order valence-electron chi connectivity index (χ3n) is 3.90. The second-order valence-corrected chi connectivity index (χ2v) is 7.65. The lowest BCUT2D eigenvalue weighted by Crippen LogP contribution is -2.42. The van der Waals surface area contributed by atoms with Gasteiger partial charge in [-0.15, -0.1) is 4.83 Å². The molecule has 0 fully saturated rings. The van der Waals surface area contributed by atoms with Crippen LogP contribution in [0.2, 0.25) is 0 Å². The van der Waals surface area contributed by atoms with Crippen molar-refractivity contribution in [3.63, 3.8) is 0 Å². The van der Waals surface area contributed by atoms with E-state index < -0.39 is 15.9 Å². The largest absolute Gasteiger partial charge is 0.484 e. The molecule has 0 unspecified atom stereocenters. The van der Waals surface area contributed by atoms with Crippen LogP contribution in [-0.2, 0) is 14.8 Å². The van der Waals surface area contributed by atoms with Gasteiger partial charge in [0.05, 0.1) is 0 Å². The molecule has 6 nitrogen and oxygen atoms in total. The molecule has 0 aromatic heterocycles. The highest BCUT2D eigenvalue weighted by Crippen LogP contribution is 2.21. The van der Waals surface area contributed by atoms with Gasteiger partial charge in [-0.05, 0) is 34.9 Å². The van der Waals surface area contributed by atoms with Crippen molar-refractivity contribution >= 4 is 22.0 Å². The van der Waals surface area contributed by atoms with Gasteiger partial charge in [-0.3, -0.25) is 10.2 Å². The van der Waals surface area contributed by atoms with E-state index in [4.69, 9.17) is 4.74 Å². The lowest BCUT2D eigenvalue weighted by Gasteiger charge is -2.08. The predicted octanol–water partition coefficient (Wildman–Crippen LogP) is 3.35. The number of hydrogen-bond acceptors (Lipinski definition) is 4. The summed E-state index contributed by atoms with van der Waals surface area (Å²) in [5, 5.41) is 0.978. The highest BCUT2D eigenvalue weighted by molar-refractivity contribution is 7.92. The van der Waals surface area contributed by atoms with Gasteiger partial charge in [0.1, 0.15) is 5.75 Å². The zero-order valence-electron chi connectivity index (χ0n) is 15.5. The van der Waals surface area contributed by atoms with E-state index in [1.54, 1.807) is 36.4 Å². The number of sulfonamides is 1. The molecule has 7 heteroatoms. The van der Waals surface area contributed by atoms with Crippen LogP contribution in [0.1, 0.15) is 5.56 Å². The number of amides is 1. The average molecular weight is 408 g/mol. The SMILES string of the molecule is O=C(COc1ccc(-c2ccccc2)cc1)NNS(=O)(=O)/C=C/c1ccccc1. The standard InChI is InChI=1S/C22H20N2O4S/c25-22(23-24-29(26,27)16-15-18-7-3-1-4-8-18)17-28-21-13-11-20(12-14-21)19-9-5-2-6-10-19/h1-16,24H,17H2,(H,23,25)/b16-15+. The molecule has 0 radical (unpaired) electrons. The van der Waals surface area contributed by atoms with Crippen LogP contribution in [0.25, 0.3) is 17.2 Å². The Morgan fingerprint density at radius 2 is 1.41 bits per heavy atom. The number of hydrogen-bond donors (Lipinski definition) is 2. The second-order valence-electron chi connectivity index (χ2n) is 6.09. The van der Waals surface area contributed by atoms with Crippen LogP contribution in [0.3, 0.4) is 0 Å². The van der Waals surface area contributed by atoms with Crippen molar-refractivity contribution in [1.82, 2.24) is 10.3 Å². The van der Waals surface area contributed by atoms with E-state index in [2.05, 4.69) is 5.43 Å². The molecular weight excluding hydrogens is 388 g/mol. The number of ether oxygens (including phenoxy) is 1. The molecule has 0 aliphatic carbocycles. The highest BCUT2D eigenvalue weighted by Gasteiger charge is 2.08. The van der Waals surface area contributed by atoms with Crippen molar-refractivity contribution in [2.75, 3.05) is 6.61 Å². The number of hydrazine groups is 1. The summed E-state index contributed by atoms with van der Waals surface area (Å²) in [6.07, 6.45) is 1.43. The molecule has 2 N–H and O–H groups in total. The Kier molecular flexibility index (Phi) is 6.78. The van der Waals surface area contributed by atoms with Crippen LogP contribution in [0.4, 0.5) is 0 Å². The molecule has 0 saturated heterocycles. The number of nitrogens with one attached hydrogen (secondary N) is 2. The Balaban J connectivity index is 1.46. The molecule has 3 rings (SSSR count). The summed E-state index contributed by atoms with van der Waals surface area (Å²) >= 11 is 0. The lowest BCUT2D eigenvalue weighted by molar-refractivity contribution is -0.123. The molecule has 0 atom stereocenters. The summed E-state index contributed by atoms with van der Waals surface area (Å²) in [6, 6.07) is 26.1. The van der Waals surface area contributed by atoms with Crippen molar-refractivity contribution in [3.05, 3.63) is 95.9 Å². The summed E-state index contributed by atoms with van der Waals surface area (Å²) < 4.78 is 29.2. The normalized spacial score (nSPS) is 11.3. The van der Waals surface area contributed by atoms with Crippen molar-refractivity contribution in [1.29, 1.82) is 0 Å². The molecule has 3 aromatic rings. The van der Waals surface area contributed by atoms with Gasteiger partial charge in [-0.1, -0.05) is 72.8 Å². The van der Waals surface area contributed by atoms with Gasteiger partial charge >= 0.3 is 0 Å². The minimum Gasteiger partial charge on any atom is -0.484 e. The van der Waals surface area contributed by atoms with Gasteiger partial charge in [-0.2, -0.15) is 0 Å². The number of carbonyl (C=O) groups is 1. The second kappa shape index (κ2) is 9.68. The van der Waals surface area contributed by atoms with Gasteiger partial charge in [0.25, 0.3) is 15.9 Å². The summed E-state index contributed by atoms with van der Waals surface area (Å²) in [5.74, 6) is -0.111. The molecule has 0 aliphatic rings. The molecule has 0 bridgehead atoms. The molecule has 148 valence electrons. The molecule has 0 heterocycles. The van der Waals surface area contributed by atoms with Gasteiger partial charge in [0.2, 0.25) is 0 Å². The van der Waals surface area contributed by atoms with Gasteiger partial charge in [0, 0.05) is 5.41 Å². The first-order valence-electron chi connectivity index (χ1n) is 8.84. The zero-order valence-corrected chi connectivity index (χ0v) is 16.3. The third kappa shape index (κ3) is 6.60. The molecule has 0 saturated carbocycles. The smallest absolute Gasteiger partial charge is 0.272 e. The summed E-state index contributed by atoms with van der Waals surface area (Å²) in [4.78, 5) is 13.8. The van der Waals surface area contributed by atoms with Crippen LogP contribution in [-0.4, -0.2) is 20.9 Å². The summed E-state index contributed by atoms with van der Waals surface area (Å²) in [6.45, 7) is -0.324. The van der Waals surface area contributed by atoms with E-state index in [0.29, 0.717) is 5.75 Å². The average Bonchev–Trinajstić information content (AvgIpc) is 2.77. The fourth-order valence-corrected chi connectivity index (χ4v) is 3.11. The van der Waals surface area contributed by atoms with E-state index >= 15 is 0 Å². The van der Waals surface area contributed by atoms with Crippen LogP contribution >= 0.6 is 0 Å². The van der Waals surface area contributed by atoms with E-state index in [-0.39, 0.29) is 6.61 Å². The third-order valence-corrected chi connectivity index (χ3v) is 4.78. The van der Waals surface area contributed by atoms with Crippen LogP contribution in [0, 0.1) is 0 Å². The first-order chi connectivity index (χ1) is 14.0. The fraction of sp³-hybridized carbons (Fsp3) is 0.0455. The Morgan fingerprint density at radius 3 is 2.07 bits per heavy atom.